The summed E-state index contributed by atoms with van der Waals surface area (Å²) in [6.07, 6.45) is 10.2. The zero-order chi connectivity index (χ0) is 14.4. The maximum absolute atomic E-state index is 10.3. The summed E-state index contributed by atoms with van der Waals surface area (Å²) >= 11 is 0. The fraction of sp³-hybridized carbons (Fsp3) is 1.00. The quantitative estimate of drug-likeness (QED) is 0.761. The Hall–Kier alpha value is -0.120. The van der Waals surface area contributed by atoms with E-state index in [2.05, 4.69) is 17.1 Å². The third-order valence-corrected chi connectivity index (χ3v) is 5.06. The van der Waals surface area contributed by atoms with E-state index in [1.165, 1.54) is 51.6 Å². The van der Waals surface area contributed by atoms with Gasteiger partial charge in [-0.05, 0) is 58.0 Å². The lowest BCUT2D eigenvalue weighted by Gasteiger charge is -2.40. The Morgan fingerprint density at radius 1 is 1.20 bits per heavy atom. The number of aliphatic hydroxyl groups is 1. The van der Waals surface area contributed by atoms with Crippen LogP contribution < -0.4 is 5.32 Å². The van der Waals surface area contributed by atoms with Crippen molar-refractivity contribution < 1.29 is 5.11 Å². The SMILES string of the molecule is CCCNC1CCCCCC1CN1CCCC(C)(O)C1. The molecule has 2 fully saturated rings. The van der Waals surface area contributed by atoms with Crippen LogP contribution in [-0.4, -0.2) is 47.8 Å². The molecule has 3 atom stereocenters. The standard InChI is InChI=1S/C17H34N2O/c1-3-11-18-16-9-6-4-5-8-15(16)13-19-12-7-10-17(2,20)14-19/h15-16,18,20H,3-14H2,1-2H3. The Balaban J connectivity index is 1.89. The number of piperidine rings is 1. The highest BCUT2D eigenvalue weighted by atomic mass is 16.3. The molecule has 118 valence electrons. The summed E-state index contributed by atoms with van der Waals surface area (Å²) in [4.78, 5) is 2.51. The average Bonchev–Trinajstić information content (AvgIpc) is 2.61. The van der Waals surface area contributed by atoms with Crippen molar-refractivity contribution in [3.05, 3.63) is 0 Å². The smallest absolute Gasteiger partial charge is 0.0746 e. The molecule has 0 spiro atoms. The van der Waals surface area contributed by atoms with E-state index in [1.54, 1.807) is 0 Å². The molecule has 0 bridgehead atoms. The van der Waals surface area contributed by atoms with Gasteiger partial charge < -0.3 is 15.3 Å². The Morgan fingerprint density at radius 2 is 2.00 bits per heavy atom. The zero-order valence-corrected chi connectivity index (χ0v) is 13.5. The van der Waals surface area contributed by atoms with Crippen molar-refractivity contribution in [1.82, 2.24) is 10.2 Å². The van der Waals surface area contributed by atoms with Gasteiger partial charge in [-0.15, -0.1) is 0 Å². The Labute approximate surface area is 125 Å². The summed E-state index contributed by atoms with van der Waals surface area (Å²) in [7, 11) is 0. The predicted octanol–water partition coefficient (Wildman–Crippen LogP) is 2.78. The minimum absolute atomic E-state index is 0.463. The third kappa shape index (κ3) is 5.01. The van der Waals surface area contributed by atoms with Gasteiger partial charge in [-0.3, -0.25) is 0 Å². The van der Waals surface area contributed by atoms with Gasteiger partial charge in [0.15, 0.2) is 0 Å². The van der Waals surface area contributed by atoms with E-state index in [9.17, 15) is 5.11 Å². The maximum atomic E-state index is 10.3. The summed E-state index contributed by atoms with van der Waals surface area (Å²) in [5.74, 6) is 0.776. The van der Waals surface area contributed by atoms with Crippen molar-refractivity contribution in [3.8, 4) is 0 Å². The largest absolute Gasteiger partial charge is 0.389 e. The number of nitrogens with one attached hydrogen (secondary N) is 1. The average molecular weight is 282 g/mol. The van der Waals surface area contributed by atoms with Crippen molar-refractivity contribution in [1.29, 1.82) is 0 Å². The van der Waals surface area contributed by atoms with Crippen molar-refractivity contribution in [2.75, 3.05) is 26.2 Å². The van der Waals surface area contributed by atoms with E-state index in [4.69, 9.17) is 0 Å². The number of nitrogens with zero attached hydrogens (tertiary/aromatic N) is 1. The summed E-state index contributed by atoms with van der Waals surface area (Å²) < 4.78 is 0. The van der Waals surface area contributed by atoms with E-state index in [1.807, 2.05) is 6.92 Å². The molecule has 20 heavy (non-hydrogen) atoms. The molecule has 3 heteroatoms. The van der Waals surface area contributed by atoms with Gasteiger partial charge in [0.05, 0.1) is 5.60 Å². The highest BCUT2D eigenvalue weighted by Gasteiger charge is 2.31. The summed E-state index contributed by atoms with van der Waals surface area (Å²) in [6.45, 7) is 8.62. The summed E-state index contributed by atoms with van der Waals surface area (Å²) in [5.41, 5.74) is -0.463. The van der Waals surface area contributed by atoms with E-state index < -0.39 is 5.60 Å². The van der Waals surface area contributed by atoms with Gasteiger partial charge in [0.2, 0.25) is 0 Å². The van der Waals surface area contributed by atoms with Crippen LogP contribution in [-0.2, 0) is 0 Å². The van der Waals surface area contributed by atoms with Gasteiger partial charge in [-0.1, -0.05) is 26.2 Å². The van der Waals surface area contributed by atoms with E-state index in [0.717, 1.165) is 31.8 Å². The first-order valence-corrected chi connectivity index (χ1v) is 8.79. The lowest BCUT2D eigenvalue weighted by molar-refractivity contribution is -0.0218. The number of hydrogen-bond donors (Lipinski definition) is 2. The van der Waals surface area contributed by atoms with E-state index in [0.29, 0.717) is 6.04 Å². The van der Waals surface area contributed by atoms with Crippen LogP contribution in [0, 0.1) is 5.92 Å². The van der Waals surface area contributed by atoms with Crippen LogP contribution in [0.1, 0.15) is 65.2 Å². The number of likely N-dealkylation sites (tertiary alicyclic amines) is 1. The Bertz CT molecular complexity index is 280. The highest BCUT2D eigenvalue weighted by Crippen LogP contribution is 2.27. The number of hydrogen-bond acceptors (Lipinski definition) is 3. The first-order valence-electron chi connectivity index (χ1n) is 8.79. The molecule has 0 amide bonds. The fourth-order valence-corrected chi connectivity index (χ4v) is 4.01. The van der Waals surface area contributed by atoms with Crippen LogP contribution >= 0.6 is 0 Å². The first kappa shape index (κ1) is 16.3. The molecule has 0 aromatic carbocycles. The molecule has 3 unspecified atom stereocenters. The predicted molar refractivity (Wildman–Crippen MR) is 85.0 cm³/mol. The van der Waals surface area contributed by atoms with Crippen LogP contribution in [0.2, 0.25) is 0 Å². The molecule has 1 aliphatic heterocycles. The Kier molecular flexibility index (Phi) is 6.31. The molecule has 1 saturated carbocycles. The second kappa shape index (κ2) is 7.77. The van der Waals surface area contributed by atoms with Crippen LogP contribution in [0.15, 0.2) is 0 Å². The van der Waals surface area contributed by atoms with Crippen LogP contribution in [0.25, 0.3) is 0 Å². The molecule has 2 N–H and O–H groups in total. The number of rotatable bonds is 5. The monoisotopic (exact) mass is 282 g/mol. The normalized spacial score (nSPS) is 36.8. The minimum atomic E-state index is -0.463. The molecule has 2 rings (SSSR count). The first-order chi connectivity index (χ1) is 9.61. The van der Waals surface area contributed by atoms with Crippen molar-refractivity contribution >= 4 is 0 Å². The fourth-order valence-electron chi connectivity index (χ4n) is 4.01. The van der Waals surface area contributed by atoms with Crippen molar-refractivity contribution in [3.63, 3.8) is 0 Å². The van der Waals surface area contributed by atoms with Crippen LogP contribution in [0.3, 0.4) is 0 Å². The van der Waals surface area contributed by atoms with Crippen LogP contribution in [0.4, 0.5) is 0 Å². The summed E-state index contributed by atoms with van der Waals surface area (Å²) in [6, 6.07) is 0.698. The van der Waals surface area contributed by atoms with E-state index >= 15 is 0 Å². The molecular weight excluding hydrogens is 248 g/mol. The van der Waals surface area contributed by atoms with Gasteiger partial charge in [0.25, 0.3) is 0 Å². The zero-order valence-electron chi connectivity index (χ0n) is 13.5. The van der Waals surface area contributed by atoms with Gasteiger partial charge in [-0.25, -0.2) is 0 Å². The molecule has 3 nitrogen and oxygen atoms in total. The second-order valence-electron chi connectivity index (χ2n) is 7.29. The molecule has 0 aromatic heterocycles. The van der Waals surface area contributed by atoms with E-state index in [-0.39, 0.29) is 0 Å². The van der Waals surface area contributed by atoms with Gasteiger partial charge in [0.1, 0.15) is 0 Å². The maximum Gasteiger partial charge on any atom is 0.0746 e. The topological polar surface area (TPSA) is 35.5 Å². The number of β-amino-alcohol motifs (C(OH)–C–C–N with tert-alkyl or cyclic N) is 1. The highest BCUT2D eigenvalue weighted by molar-refractivity contribution is 4.87. The van der Waals surface area contributed by atoms with Gasteiger partial charge in [-0.2, -0.15) is 0 Å². The molecule has 2 aliphatic rings. The molecular formula is C17H34N2O. The van der Waals surface area contributed by atoms with Gasteiger partial charge >= 0.3 is 0 Å². The van der Waals surface area contributed by atoms with Gasteiger partial charge in [0, 0.05) is 19.1 Å². The molecule has 0 aromatic rings. The lowest BCUT2D eigenvalue weighted by atomic mass is 9.90. The molecule has 1 saturated heterocycles. The summed E-state index contributed by atoms with van der Waals surface area (Å²) in [5, 5.41) is 14.1. The molecule has 1 heterocycles. The van der Waals surface area contributed by atoms with Crippen LogP contribution in [0.5, 0.6) is 0 Å². The Morgan fingerprint density at radius 3 is 2.75 bits per heavy atom. The molecule has 1 aliphatic carbocycles. The molecule has 0 radical (unpaired) electrons. The second-order valence-corrected chi connectivity index (χ2v) is 7.29. The van der Waals surface area contributed by atoms with Crippen molar-refractivity contribution in [2.45, 2.75) is 76.9 Å². The van der Waals surface area contributed by atoms with Crippen molar-refractivity contribution in [2.24, 2.45) is 5.92 Å². The minimum Gasteiger partial charge on any atom is -0.389 e. The lowest BCUT2D eigenvalue weighted by Crippen LogP contribution is -2.50. The third-order valence-electron chi connectivity index (χ3n) is 5.06.